The fourth-order valence-electron chi connectivity index (χ4n) is 3.73. The molecule has 0 unspecified atom stereocenters. The fraction of sp³-hybridized carbons (Fsp3) is 0.400. The number of carbonyl (C=O) groups excluding carboxylic acids is 1. The number of carbonyl (C=O) groups is 1. The van der Waals surface area contributed by atoms with E-state index >= 15 is 0 Å². The Balaban J connectivity index is 1.51. The van der Waals surface area contributed by atoms with Crippen LogP contribution in [0.5, 0.6) is 0 Å². The number of rotatable bonds is 6. The standard InChI is InChI=1S/C20H24N6O/c1-15(27)21-10-12-26-20-19(22-8-9-23-20)18(24-26)17-7-11-25(14-17)13-16-5-3-2-4-6-16/h2-6,8-9,17H,7,10-14H2,1H3,(H,21,27)/t17-/m1/s1. The lowest BCUT2D eigenvalue weighted by Crippen LogP contribution is -2.25. The molecule has 1 N–H and O–H groups in total. The van der Waals surface area contributed by atoms with E-state index in [1.807, 2.05) is 4.68 Å². The predicted molar refractivity (Wildman–Crippen MR) is 103 cm³/mol. The van der Waals surface area contributed by atoms with Crippen LogP contribution >= 0.6 is 0 Å². The van der Waals surface area contributed by atoms with Crippen LogP contribution in [0, 0.1) is 0 Å². The summed E-state index contributed by atoms with van der Waals surface area (Å²) in [6.45, 7) is 5.64. The Morgan fingerprint density at radius 1 is 1.22 bits per heavy atom. The molecule has 1 aliphatic rings. The van der Waals surface area contributed by atoms with Gasteiger partial charge in [-0.1, -0.05) is 30.3 Å². The first-order chi connectivity index (χ1) is 13.2. The van der Waals surface area contributed by atoms with Gasteiger partial charge in [-0.15, -0.1) is 0 Å². The number of nitrogens with zero attached hydrogens (tertiary/aromatic N) is 5. The third kappa shape index (κ3) is 3.98. The molecular formula is C20H24N6O. The Morgan fingerprint density at radius 3 is 2.85 bits per heavy atom. The lowest BCUT2D eigenvalue weighted by atomic mass is 10.0. The van der Waals surface area contributed by atoms with E-state index in [0.717, 1.165) is 42.9 Å². The molecule has 0 spiro atoms. The maximum atomic E-state index is 11.1. The molecule has 0 aliphatic carbocycles. The lowest BCUT2D eigenvalue weighted by molar-refractivity contribution is -0.118. The van der Waals surface area contributed by atoms with Gasteiger partial charge in [-0.25, -0.2) is 14.6 Å². The van der Waals surface area contributed by atoms with Crippen molar-refractivity contribution < 1.29 is 4.79 Å². The molecule has 7 heteroatoms. The molecule has 1 atom stereocenters. The maximum Gasteiger partial charge on any atom is 0.216 e. The summed E-state index contributed by atoms with van der Waals surface area (Å²) in [4.78, 5) is 22.6. The summed E-state index contributed by atoms with van der Waals surface area (Å²) in [6, 6.07) is 10.6. The van der Waals surface area contributed by atoms with Gasteiger partial charge in [0.15, 0.2) is 5.65 Å². The molecule has 7 nitrogen and oxygen atoms in total. The number of aromatic nitrogens is 4. The highest BCUT2D eigenvalue weighted by molar-refractivity contribution is 5.74. The van der Waals surface area contributed by atoms with Gasteiger partial charge in [-0.3, -0.25) is 9.69 Å². The Labute approximate surface area is 158 Å². The molecule has 0 bridgehead atoms. The zero-order chi connectivity index (χ0) is 18.6. The molecule has 27 heavy (non-hydrogen) atoms. The molecule has 3 heterocycles. The van der Waals surface area contributed by atoms with Crippen molar-refractivity contribution in [2.45, 2.75) is 32.4 Å². The van der Waals surface area contributed by atoms with Gasteiger partial charge in [-0.2, -0.15) is 5.10 Å². The molecule has 2 aromatic heterocycles. The van der Waals surface area contributed by atoms with Crippen LogP contribution < -0.4 is 5.32 Å². The van der Waals surface area contributed by atoms with Crippen molar-refractivity contribution in [1.29, 1.82) is 0 Å². The summed E-state index contributed by atoms with van der Waals surface area (Å²) in [5.41, 5.74) is 4.03. The molecule has 1 amide bonds. The van der Waals surface area contributed by atoms with Crippen LogP contribution in [0.2, 0.25) is 0 Å². The average Bonchev–Trinajstić information content (AvgIpc) is 3.27. The van der Waals surface area contributed by atoms with Gasteiger partial charge < -0.3 is 5.32 Å². The second-order valence-electron chi connectivity index (χ2n) is 7.03. The second kappa shape index (κ2) is 7.84. The lowest BCUT2D eigenvalue weighted by Gasteiger charge is -2.15. The van der Waals surface area contributed by atoms with Gasteiger partial charge >= 0.3 is 0 Å². The summed E-state index contributed by atoms with van der Waals surface area (Å²) in [5, 5.41) is 7.64. The average molecular weight is 364 g/mol. The van der Waals surface area contributed by atoms with Gasteiger partial charge in [0.05, 0.1) is 12.2 Å². The van der Waals surface area contributed by atoms with Crippen LogP contribution in [0.4, 0.5) is 0 Å². The Kier molecular flexibility index (Phi) is 5.11. The zero-order valence-corrected chi connectivity index (χ0v) is 15.5. The van der Waals surface area contributed by atoms with Crippen LogP contribution in [0.1, 0.15) is 30.5 Å². The van der Waals surface area contributed by atoms with Crippen molar-refractivity contribution in [2.75, 3.05) is 19.6 Å². The quantitative estimate of drug-likeness (QED) is 0.724. The molecule has 3 aromatic rings. The van der Waals surface area contributed by atoms with E-state index in [0.29, 0.717) is 19.0 Å². The summed E-state index contributed by atoms with van der Waals surface area (Å²) >= 11 is 0. The number of likely N-dealkylation sites (tertiary alicyclic amines) is 1. The molecule has 0 saturated carbocycles. The van der Waals surface area contributed by atoms with E-state index in [-0.39, 0.29) is 5.91 Å². The Hall–Kier alpha value is -2.80. The highest BCUT2D eigenvalue weighted by Crippen LogP contribution is 2.30. The van der Waals surface area contributed by atoms with Crippen LogP contribution in [-0.2, 0) is 17.9 Å². The number of hydrogen-bond donors (Lipinski definition) is 1. The van der Waals surface area contributed by atoms with E-state index in [2.05, 4.69) is 50.5 Å². The van der Waals surface area contributed by atoms with Gasteiger partial charge in [-0.05, 0) is 18.5 Å². The molecule has 4 rings (SSSR count). The van der Waals surface area contributed by atoms with Gasteiger partial charge in [0.25, 0.3) is 0 Å². The van der Waals surface area contributed by atoms with Crippen LogP contribution in [-0.4, -0.2) is 50.2 Å². The molecule has 1 fully saturated rings. The predicted octanol–water partition coefficient (Wildman–Crippen LogP) is 1.95. The van der Waals surface area contributed by atoms with Gasteiger partial charge in [0.2, 0.25) is 5.91 Å². The van der Waals surface area contributed by atoms with E-state index in [1.54, 1.807) is 12.4 Å². The van der Waals surface area contributed by atoms with Crippen molar-refractivity contribution in [3.05, 3.63) is 54.0 Å². The number of hydrogen-bond acceptors (Lipinski definition) is 5. The van der Waals surface area contributed by atoms with Crippen LogP contribution in [0.3, 0.4) is 0 Å². The third-order valence-corrected chi connectivity index (χ3v) is 5.00. The first kappa shape index (κ1) is 17.6. The molecule has 1 saturated heterocycles. The van der Waals surface area contributed by atoms with Crippen molar-refractivity contribution in [3.63, 3.8) is 0 Å². The topological polar surface area (TPSA) is 75.9 Å². The van der Waals surface area contributed by atoms with Gasteiger partial charge in [0, 0.05) is 44.9 Å². The van der Waals surface area contributed by atoms with Crippen molar-refractivity contribution in [1.82, 2.24) is 30.0 Å². The van der Waals surface area contributed by atoms with Crippen molar-refractivity contribution in [2.24, 2.45) is 0 Å². The smallest absolute Gasteiger partial charge is 0.216 e. The maximum absolute atomic E-state index is 11.1. The second-order valence-corrected chi connectivity index (χ2v) is 7.03. The first-order valence-electron chi connectivity index (χ1n) is 9.39. The molecule has 1 aromatic carbocycles. The summed E-state index contributed by atoms with van der Waals surface area (Å²) in [5.74, 6) is 0.319. The minimum absolute atomic E-state index is 0.0369. The third-order valence-electron chi connectivity index (χ3n) is 5.00. The molecular weight excluding hydrogens is 340 g/mol. The summed E-state index contributed by atoms with van der Waals surface area (Å²) < 4.78 is 1.87. The first-order valence-corrected chi connectivity index (χ1v) is 9.39. The number of amides is 1. The number of benzene rings is 1. The Morgan fingerprint density at radius 2 is 2.04 bits per heavy atom. The fourth-order valence-corrected chi connectivity index (χ4v) is 3.73. The monoisotopic (exact) mass is 364 g/mol. The number of nitrogens with one attached hydrogen (secondary N) is 1. The van der Waals surface area contributed by atoms with Crippen LogP contribution in [0.15, 0.2) is 42.7 Å². The molecule has 1 aliphatic heterocycles. The van der Waals surface area contributed by atoms with Crippen LogP contribution in [0.25, 0.3) is 11.2 Å². The summed E-state index contributed by atoms with van der Waals surface area (Å²) in [7, 11) is 0. The van der Waals surface area contributed by atoms with E-state index in [9.17, 15) is 4.79 Å². The normalized spacial score (nSPS) is 17.4. The molecule has 140 valence electrons. The number of fused-ring (bicyclic) bond motifs is 1. The van der Waals surface area contributed by atoms with Crippen molar-refractivity contribution >= 4 is 17.1 Å². The Bertz CT molecular complexity index is 923. The van der Waals surface area contributed by atoms with Gasteiger partial charge in [0.1, 0.15) is 5.52 Å². The molecule has 0 radical (unpaired) electrons. The van der Waals surface area contributed by atoms with E-state index < -0.39 is 0 Å². The minimum Gasteiger partial charge on any atom is -0.354 e. The SMILES string of the molecule is CC(=O)NCCn1nc([C@@H]2CCN(Cc3ccccc3)C2)c2nccnc21. The van der Waals surface area contributed by atoms with E-state index in [4.69, 9.17) is 5.10 Å². The highest BCUT2D eigenvalue weighted by Gasteiger charge is 2.29. The summed E-state index contributed by atoms with van der Waals surface area (Å²) in [6.07, 6.45) is 4.49. The van der Waals surface area contributed by atoms with E-state index in [1.165, 1.54) is 12.5 Å². The largest absolute Gasteiger partial charge is 0.354 e. The zero-order valence-electron chi connectivity index (χ0n) is 15.5. The van der Waals surface area contributed by atoms with Crippen molar-refractivity contribution in [3.8, 4) is 0 Å². The minimum atomic E-state index is -0.0369. The highest BCUT2D eigenvalue weighted by atomic mass is 16.1.